The van der Waals surface area contributed by atoms with Gasteiger partial charge in [-0.05, 0) is 13.3 Å². The summed E-state index contributed by atoms with van der Waals surface area (Å²) in [6.07, 6.45) is 3.26. The van der Waals surface area contributed by atoms with Gasteiger partial charge in [0.2, 0.25) is 0 Å². The van der Waals surface area contributed by atoms with Crippen molar-refractivity contribution in [3.05, 3.63) is 11.9 Å². The third kappa shape index (κ3) is 5.36. The quantitative estimate of drug-likeness (QED) is 0.666. The Morgan fingerprint density at radius 2 is 2.26 bits per heavy atom. The maximum Gasteiger partial charge on any atom is 0.358 e. The SMILES string of the molecule is CCCC(C)NC(=O)NCCn1cc(C(=O)O)nn1. The lowest BCUT2D eigenvalue weighted by Crippen LogP contribution is -2.41. The number of amides is 2. The Balaban J connectivity index is 2.25. The first kappa shape index (κ1) is 14.9. The van der Waals surface area contributed by atoms with Gasteiger partial charge < -0.3 is 15.7 Å². The molecule has 0 saturated heterocycles. The summed E-state index contributed by atoms with van der Waals surface area (Å²) in [6.45, 7) is 4.73. The molecule has 106 valence electrons. The van der Waals surface area contributed by atoms with Gasteiger partial charge in [-0.25, -0.2) is 14.3 Å². The number of carboxylic acids is 1. The van der Waals surface area contributed by atoms with Crippen LogP contribution in [0, 0.1) is 0 Å². The van der Waals surface area contributed by atoms with Crippen LogP contribution < -0.4 is 10.6 Å². The van der Waals surface area contributed by atoms with Gasteiger partial charge in [-0.3, -0.25) is 0 Å². The minimum Gasteiger partial charge on any atom is -0.476 e. The van der Waals surface area contributed by atoms with E-state index in [9.17, 15) is 9.59 Å². The third-order valence-electron chi connectivity index (χ3n) is 2.48. The summed E-state index contributed by atoms with van der Waals surface area (Å²) in [5.74, 6) is -1.12. The monoisotopic (exact) mass is 269 g/mol. The topological polar surface area (TPSA) is 109 Å². The fourth-order valence-electron chi connectivity index (χ4n) is 1.57. The zero-order valence-electron chi connectivity index (χ0n) is 11.1. The summed E-state index contributed by atoms with van der Waals surface area (Å²) < 4.78 is 1.37. The van der Waals surface area contributed by atoms with Gasteiger partial charge in [0.25, 0.3) is 0 Å². The molecule has 1 heterocycles. The van der Waals surface area contributed by atoms with E-state index in [0.717, 1.165) is 12.8 Å². The third-order valence-corrected chi connectivity index (χ3v) is 2.48. The van der Waals surface area contributed by atoms with E-state index in [0.29, 0.717) is 13.1 Å². The van der Waals surface area contributed by atoms with Gasteiger partial charge in [0.15, 0.2) is 5.69 Å². The lowest BCUT2D eigenvalue weighted by atomic mass is 10.2. The fraction of sp³-hybridized carbons (Fsp3) is 0.636. The molecule has 1 rings (SSSR count). The highest BCUT2D eigenvalue weighted by atomic mass is 16.4. The number of aromatic carboxylic acids is 1. The molecule has 0 aliphatic heterocycles. The molecule has 0 fully saturated rings. The second-order valence-electron chi connectivity index (χ2n) is 4.26. The Kier molecular flexibility index (Phi) is 5.77. The number of hydrogen-bond donors (Lipinski definition) is 3. The number of hydrogen-bond acceptors (Lipinski definition) is 4. The predicted octanol–water partition coefficient (Wildman–Crippen LogP) is 0.464. The van der Waals surface area contributed by atoms with Crippen LogP contribution >= 0.6 is 0 Å². The van der Waals surface area contributed by atoms with Crippen molar-refractivity contribution in [3.8, 4) is 0 Å². The molecule has 1 atom stereocenters. The molecule has 1 unspecified atom stereocenters. The first-order valence-corrected chi connectivity index (χ1v) is 6.20. The molecule has 19 heavy (non-hydrogen) atoms. The molecule has 0 spiro atoms. The van der Waals surface area contributed by atoms with Crippen molar-refractivity contribution in [1.82, 2.24) is 25.6 Å². The summed E-state index contributed by atoms with van der Waals surface area (Å²) in [5, 5.41) is 21.2. The lowest BCUT2D eigenvalue weighted by molar-refractivity contribution is 0.0690. The number of rotatable bonds is 7. The smallest absolute Gasteiger partial charge is 0.358 e. The van der Waals surface area contributed by atoms with E-state index in [1.165, 1.54) is 10.9 Å². The van der Waals surface area contributed by atoms with E-state index in [2.05, 4.69) is 27.9 Å². The van der Waals surface area contributed by atoms with Gasteiger partial charge >= 0.3 is 12.0 Å². The molecule has 1 aromatic heterocycles. The highest BCUT2D eigenvalue weighted by Gasteiger charge is 2.08. The van der Waals surface area contributed by atoms with Crippen LogP contribution in [0.5, 0.6) is 0 Å². The first-order chi connectivity index (χ1) is 9.02. The first-order valence-electron chi connectivity index (χ1n) is 6.20. The average Bonchev–Trinajstić information content (AvgIpc) is 2.78. The Labute approximate surface area is 111 Å². The molecule has 0 aliphatic rings. The molecular weight excluding hydrogens is 250 g/mol. The number of carboxylic acid groups (broad SMARTS) is 1. The van der Waals surface area contributed by atoms with E-state index < -0.39 is 5.97 Å². The van der Waals surface area contributed by atoms with Crippen molar-refractivity contribution in [2.75, 3.05) is 6.54 Å². The molecular formula is C11H19N5O3. The van der Waals surface area contributed by atoms with Gasteiger partial charge in [-0.2, -0.15) is 0 Å². The number of nitrogens with zero attached hydrogens (tertiary/aromatic N) is 3. The van der Waals surface area contributed by atoms with Crippen LogP contribution in [0.4, 0.5) is 4.79 Å². The van der Waals surface area contributed by atoms with E-state index in [1.54, 1.807) is 0 Å². The second kappa shape index (κ2) is 7.34. The second-order valence-corrected chi connectivity index (χ2v) is 4.26. The van der Waals surface area contributed by atoms with Gasteiger partial charge in [0, 0.05) is 12.6 Å². The Hall–Kier alpha value is -2.12. The molecule has 0 aliphatic carbocycles. The summed E-state index contributed by atoms with van der Waals surface area (Å²) in [6, 6.07) is -0.102. The zero-order valence-corrected chi connectivity index (χ0v) is 11.1. The van der Waals surface area contributed by atoms with Crippen molar-refractivity contribution >= 4 is 12.0 Å². The maximum atomic E-state index is 11.5. The van der Waals surface area contributed by atoms with Crippen LogP contribution in [0.2, 0.25) is 0 Å². The van der Waals surface area contributed by atoms with Crippen molar-refractivity contribution < 1.29 is 14.7 Å². The van der Waals surface area contributed by atoms with Crippen molar-refractivity contribution in [1.29, 1.82) is 0 Å². The van der Waals surface area contributed by atoms with E-state index in [4.69, 9.17) is 5.11 Å². The van der Waals surface area contributed by atoms with E-state index in [-0.39, 0.29) is 17.8 Å². The number of nitrogens with one attached hydrogen (secondary N) is 2. The Morgan fingerprint density at radius 3 is 2.84 bits per heavy atom. The summed E-state index contributed by atoms with van der Waals surface area (Å²) in [7, 11) is 0. The van der Waals surface area contributed by atoms with Crippen LogP contribution in [0.25, 0.3) is 0 Å². The van der Waals surface area contributed by atoms with Gasteiger partial charge in [0.05, 0.1) is 12.7 Å². The number of carbonyl (C=O) groups excluding carboxylic acids is 1. The predicted molar refractivity (Wildman–Crippen MR) is 67.9 cm³/mol. The molecule has 2 amide bonds. The van der Waals surface area contributed by atoms with Crippen LogP contribution in [0.3, 0.4) is 0 Å². The molecule has 3 N–H and O–H groups in total. The van der Waals surface area contributed by atoms with Crippen molar-refractivity contribution in [2.24, 2.45) is 0 Å². The van der Waals surface area contributed by atoms with Gasteiger partial charge in [-0.1, -0.05) is 18.6 Å². The minimum atomic E-state index is -1.12. The summed E-state index contributed by atoms with van der Waals surface area (Å²) in [4.78, 5) is 22.1. The molecule has 0 saturated carbocycles. The molecule has 8 heteroatoms. The number of carbonyl (C=O) groups is 2. The Morgan fingerprint density at radius 1 is 1.53 bits per heavy atom. The highest BCUT2D eigenvalue weighted by molar-refractivity contribution is 5.84. The summed E-state index contributed by atoms with van der Waals surface area (Å²) >= 11 is 0. The lowest BCUT2D eigenvalue weighted by Gasteiger charge is -2.13. The standard InChI is InChI=1S/C11H19N5O3/c1-3-4-8(2)13-11(19)12-5-6-16-7-9(10(17)18)14-15-16/h7-8H,3-6H2,1-2H3,(H,17,18)(H2,12,13,19). The van der Waals surface area contributed by atoms with Crippen LogP contribution in [-0.4, -0.2) is 44.7 Å². The largest absolute Gasteiger partial charge is 0.476 e. The molecule has 0 bridgehead atoms. The normalized spacial score (nSPS) is 11.9. The number of aromatic nitrogens is 3. The fourth-order valence-corrected chi connectivity index (χ4v) is 1.57. The van der Waals surface area contributed by atoms with Crippen LogP contribution in [0.1, 0.15) is 37.2 Å². The van der Waals surface area contributed by atoms with Gasteiger partial charge in [-0.15, -0.1) is 5.10 Å². The molecule has 0 aromatic carbocycles. The Bertz CT molecular complexity index is 432. The van der Waals surface area contributed by atoms with Crippen molar-refractivity contribution in [2.45, 2.75) is 39.3 Å². The molecule has 0 radical (unpaired) electrons. The summed E-state index contributed by atoms with van der Waals surface area (Å²) in [5.41, 5.74) is -0.110. The molecule has 1 aromatic rings. The van der Waals surface area contributed by atoms with Crippen LogP contribution in [-0.2, 0) is 6.54 Å². The molecule has 8 nitrogen and oxygen atoms in total. The van der Waals surface area contributed by atoms with Gasteiger partial charge in [0.1, 0.15) is 0 Å². The zero-order chi connectivity index (χ0) is 14.3. The van der Waals surface area contributed by atoms with E-state index in [1.807, 2.05) is 6.92 Å². The highest BCUT2D eigenvalue weighted by Crippen LogP contribution is 1.94. The van der Waals surface area contributed by atoms with Crippen LogP contribution in [0.15, 0.2) is 6.20 Å². The average molecular weight is 269 g/mol. The van der Waals surface area contributed by atoms with Crippen molar-refractivity contribution in [3.63, 3.8) is 0 Å². The minimum absolute atomic E-state index is 0.110. The number of urea groups is 1. The van der Waals surface area contributed by atoms with E-state index >= 15 is 0 Å². The maximum absolute atomic E-state index is 11.5.